The molecule has 1 fully saturated rings. The highest BCUT2D eigenvalue weighted by Crippen LogP contribution is 2.33. The van der Waals surface area contributed by atoms with Crippen molar-refractivity contribution in [3.05, 3.63) is 69.5 Å². The van der Waals surface area contributed by atoms with Gasteiger partial charge in [-0.15, -0.1) is 0 Å². The Hall–Kier alpha value is -2.60. The molecule has 33 heavy (non-hydrogen) atoms. The average Bonchev–Trinajstić information content (AvgIpc) is 3.04. The van der Waals surface area contributed by atoms with Gasteiger partial charge in [0.05, 0.1) is 10.6 Å². The number of amides is 2. The van der Waals surface area contributed by atoms with E-state index in [0.717, 1.165) is 36.0 Å². The van der Waals surface area contributed by atoms with Crippen molar-refractivity contribution in [2.24, 2.45) is 5.92 Å². The first-order valence-corrected chi connectivity index (χ1v) is 11.8. The predicted octanol–water partition coefficient (Wildman–Crippen LogP) is 5.82. The summed E-state index contributed by atoms with van der Waals surface area (Å²) in [6, 6.07) is 10.2. The number of hydrogen-bond donors (Lipinski definition) is 0. The van der Waals surface area contributed by atoms with Gasteiger partial charge in [0, 0.05) is 26.2 Å². The van der Waals surface area contributed by atoms with Crippen molar-refractivity contribution >= 4 is 23.6 Å². The molecule has 0 aromatic heterocycles. The van der Waals surface area contributed by atoms with Crippen LogP contribution in [0.2, 0.25) is 5.02 Å². The van der Waals surface area contributed by atoms with Gasteiger partial charge in [-0.05, 0) is 80.8 Å². The fraction of sp³-hybridized carbons (Fsp3) is 0.462. The summed E-state index contributed by atoms with van der Waals surface area (Å²) in [4.78, 5) is 28.7. The molecule has 0 unspecified atom stereocenters. The Kier molecular flexibility index (Phi) is 6.66. The summed E-state index contributed by atoms with van der Waals surface area (Å²) in [7, 11) is 0. The van der Waals surface area contributed by atoms with Gasteiger partial charge in [-0.25, -0.2) is 9.18 Å². The van der Waals surface area contributed by atoms with Crippen LogP contribution >= 0.6 is 11.6 Å². The van der Waals surface area contributed by atoms with Crippen LogP contribution in [0.4, 0.5) is 9.18 Å². The Morgan fingerprint density at radius 1 is 1.12 bits per heavy atom. The van der Waals surface area contributed by atoms with Crippen LogP contribution in [0.3, 0.4) is 0 Å². The second kappa shape index (κ2) is 9.34. The van der Waals surface area contributed by atoms with Crippen molar-refractivity contribution < 1.29 is 18.7 Å². The van der Waals surface area contributed by atoms with E-state index < -0.39 is 5.60 Å². The predicted molar refractivity (Wildman–Crippen MR) is 126 cm³/mol. The summed E-state index contributed by atoms with van der Waals surface area (Å²) in [5.41, 5.74) is 3.02. The molecular formula is C26H30ClFN2O3. The van der Waals surface area contributed by atoms with Crippen LogP contribution in [0.5, 0.6) is 0 Å². The van der Waals surface area contributed by atoms with Crippen molar-refractivity contribution in [2.75, 3.05) is 13.1 Å². The van der Waals surface area contributed by atoms with Crippen LogP contribution in [0.1, 0.15) is 60.7 Å². The maximum Gasteiger partial charge on any atom is 0.410 e. The SMILES string of the molecule is CC(C)(C)OC(=O)N1CCC(Cc2cc(Cl)c3c(c2)CN(Cc2ccc(F)cc2)C3=O)CC1. The average molecular weight is 473 g/mol. The highest BCUT2D eigenvalue weighted by molar-refractivity contribution is 6.34. The quantitative estimate of drug-likeness (QED) is 0.563. The first kappa shape index (κ1) is 23.6. The lowest BCUT2D eigenvalue weighted by atomic mass is 9.89. The first-order chi connectivity index (χ1) is 15.6. The Balaban J connectivity index is 1.37. The van der Waals surface area contributed by atoms with Crippen LogP contribution in [0.15, 0.2) is 36.4 Å². The third-order valence-electron chi connectivity index (χ3n) is 6.17. The molecule has 1 saturated heterocycles. The zero-order valence-corrected chi connectivity index (χ0v) is 20.1. The van der Waals surface area contributed by atoms with Gasteiger partial charge in [0.15, 0.2) is 0 Å². The number of rotatable bonds is 4. The monoisotopic (exact) mass is 472 g/mol. The second-order valence-electron chi connectivity index (χ2n) is 10.0. The Bertz CT molecular complexity index is 1040. The van der Waals surface area contributed by atoms with E-state index in [1.807, 2.05) is 26.8 Å². The molecule has 2 aliphatic heterocycles. The van der Waals surface area contributed by atoms with Crippen molar-refractivity contribution in [3.63, 3.8) is 0 Å². The highest BCUT2D eigenvalue weighted by atomic mass is 35.5. The molecule has 0 N–H and O–H groups in total. The maximum absolute atomic E-state index is 13.2. The Morgan fingerprint density at radius 3 is 2.42 bits per heavy atom. The molecule has 2 amide bonds. The van der Waals surface area contributed by atoms with Crippen LogP contribution in [0.25, 0.3) is 0 Å². The number of fused-ring (bicyclic) bond motifs is 1. The minimum Gasteiger partial charge on any atom is -0.444 e. The first-order valence-electron chi connectivity index (χ1n) is 11.4. The third kappa shape index (κ3) is 5.67. The smallest absolute Gasteiger partial charge is 0.410 e. The molecule has 2 heterocycles. The Morgan fingerprint density at radius 2 is 1.79 bits per heavy atom. The molecule has 7 heteroatoms. The molecule has 0 bridgehead atoms. The zero-order valence-electron chi connectivity index (χ0n) is 19.4. The number of carbonyl (C=O) groups excluding carboxylic acids is 2. The molecule has 2 aromatic carbocycles. The van der Waals surface area contributed by atoms with E-state index in [4.69, 9.17) is 16.3 Å². The van der Waals surface area contributed by atoms with Crippen molar-refractivity contribution in [2.45, 2.75) is 58.7 Å². The number of likely N-dealkylation sites (tertiary alicyclic amines) is 1. The molecule has 176 valence electrons. The van der Waals surface area contributed by atoms with E-state index >= 15 is 0 Å². The lowest BCUT2D eigenvalue weighted by Crippen LogP contribution is -2.42. The van der Waals surface area contributed by atoms with Gasteiger partial charge in [-0.2, -0.15) is 0 Å². The maximum atomic E-state index is 13.2. The number of halogens is 2. The molecule has 0 radical (unpaired) electrons. The number of hydrogen-bond acceptors (Lipinski definition) is 3. The topological polar surface area (TPSA) is 49.9 Å². The summed E-state index contributed by atoms with van der Waals surface area (Å²) in [5.74, 6) is 0.0705. The molecule has 2 aliphatic rings. The van der Waals surface area contributed by atoms with E-state index in [0.29, 0.717) is 42.7 Å². The largest absolute Gasteiger partial charge is 0.444 e. The standard InChI is InChI=1S/C26H30ClFN2O3/c1-26(2,3)33-25(32)29-10-8-17(9-11-29)12-19-13-20-16-30(24(31)23(20)22(27)14-19)15-18-4-6-21(28)7-5-18/h4-7,13-14,17H,8-12,15-16H2,1-3H3. The number of benzene rings is 2. The molecule has 0 aliphatic carbocycles. The Labute approximate surface area is 199 Å². The number of piperidine rings is 1. The van der Waals surface area contributed by atoms with E-state index in [9.17, 15) is 14.0 Å². The van der Waals surface area contributed by atoms with Gasteiger partial charge in [-0.1, -0.05) is 29.8 Å². The fourth-order valence-electron chi connectivity index (χ4n) is 4.56. The van der Waals surface area contributed by atoms with Gasteiger partial charge in [0.25, 0.3) is 5.91 Å². The van der Waals surface area contributed by atoms with Crippen molar-refractivity contribution in [1.82, 2.24) is 9.80 Å². The van der Waals surface area contributed by atoms with Gasteiger partial charge in [0.2, 0.25) is 0 Å². The van der Waals surface area contributed by atoms with Crippen LogP contribution in [0, 0.1) is 11.7 Å². The minimum absolute atomic E-state index is 0.0865. The van der Waals surface area contributed by atoms with Crippen LogP contribution < -0.4 is 0 Å². The van der Waals surface area contributed by atoms with Gasteiger partial charge >= 0.3 is 6.09 Å². The molecule has 2 aromatic rings. The number of ether oxygens (including phenoxy) is 1. The van der Waals surface area contributed by atoms with E-state index in [1.54, 1.807) is 21.9 Å². The minimum atomic E-state index is -0.489. The summed E-state index contributed by atoms with van der Waals surface area (Å²) >= 11 is 6.54. The fourth-order valence-corrected chi connectivity index (χ4v) is 4.90. The molecule has 0 atom stereocenters. The van der Waals surface area contributed by atoms with Crippen LogP contribution in [-0.4, -0.2) is 40.5 Å². The second-order valence-corrected chi connectivity index (χ2v) is 10.4. The van der Waals surface area contributed by atoms with Crippen LogP contribution in [-0.2, 0) is 24.2 Å². The zero-order chi connectivity index (χ0) is 23.8. The summed E-state index contributed by atoms with van der Waals surface area (Å²) in [6.07, 6.45) is 2.43. The van der Waals surface area contributed by atoms with Gasteiger partial charge < -0.3 is 14.5 Å². The molecule has 0 spiro atoms. The lowest BCUT2D eigenvalue weighted by Gasteiger charge is -2.33. The summed E-state index contributed by atoms with van der Waals surface area (Å²) in [6.45, 7) is 7.91. The summed E-state index contributed by atoms with van der Waals surface area (Å²) in [5, 5.41) is 0.486. The molecule has 4 rings (SSSR count). The molecule has 0 saturated carbocycles. The van der Waals surface area contributed by atoms with Crippen molar-refractivity contribution in [3.8, 4) is 0 Å². The van der Waals surface area contributed by atoms with E-state index in [2.05, 4.69) is 6.07 Å². The summed E-state index contributed by atoms with van der Waals surface area (Å²) < 4.78 is 18.7. The van der Waals surface area contributed by atoms with Crippen molar-refractivity contribution in [1.29, 1.82) is 0 Å². The molecular weight excluding hydrogens is 443 g/mol. The third-order valence-corrected chi connectivity index (χ3v) is 6.47. The molecule has 5 nitrogen and oxygen atoms in total. The number of nitrogens with zero attached hydrogens (tertiary/aromatic N) is 2. The lowest BCUT2D eigenvalue weighted by molar-refractivity contribution is 0.0184. The normalized spacial score (nSPS) is 16.8. The van der Waals surface area contributed by atoms with Gasteiger partial charge in [-0.3, -0.25) is 4.79 Å². The van der Waals surface area contributed by atoms with E-state index in [-0.39, 0.29) is 17.8 Å². The van der Waals surface area contributed by atoms with E-state index in [1.165, 1.54) is 12.1 Å². The number of carbonyl (C=O) groups is 2. The van der Waals surface area contributed by atoms with Gasteiger partial charge in [0.1, 0.15) is 11.4 Å². The highest BCUT2D eigenvalue weighted by Gasteiger charge is 2.31.